The van der Waals surface area contributed by atoms with Crippen molar-refractivity contribution in [3.63, 3.8) is 0 Å². The van der Waals surface area contributed by atoms with Gasteiger partial charge in [-0.25, -0.2) is 0 Å². The van der Waals surface area contributed by atoms with Gasteiger partial charge in [0.05, 0.1) is 0 Å². The first-order chi connectivity index (χ1) is 6.83. The summed E-state index contributed by atoms with van der Waals surface area (Å²) >= 11 is 7.15. The molecule has 1 atom stereocenters. The summed E-state index contributed by atoms with van der Waals surface area (Å²) in [5.41, 5.74) is 1.35. The lowest BCUT2D eigenvalue weighted by molar-refractivity contribution is 1.17. The number of alkyl halides is 2. The molecular weight excluding hydrogens is 304 g/mol. The van der Waals surface area contributed by atoms with E-state index in [4.69, 9.17) is 0 Å². The molecule has 2 aromatic carbocycles. The summed E-state index contributed by atoms with van der Waals surface area (Å²) in [6.07, 6.45) is 0. The number of rotatable bonds is 2. The highest BCUT2D eigenvalue weighted by atomic mass is 79.9. The Morgan fingerprint density at radius 2 is 1.71 bits per heavy atom. The Bertz CT molecular complexity index is 432. The maximum atomic E-state index is 3.66. The summed E-state index contributed by atoms with van der Waals surface area (Å²) in [5, 5.41) is 3.56. The van der Waals surface area contributed by atoms with Gasteiger partial charge in [0, 0.05) is 10.2 Å². The van der Waals surface area contributed by atoms with E-state index >= 15 is 0 Å². The van der Waals surface area contributed by atoms with Crippen molar-refractivity contribution in [2.75, 3.05) is 5.33 Å². The molecule has 0 aliphatic rings. The van der Waals surface area contributed by atoms with Crippen LogP contribution in [0.1, 0.15) is 10.4 Å². The molecule has 0 N–H and O–H groups in total. The van der Waals surface area contributed by atoms with Gasteiger partial charge in [-0.1, -0.05) is 74.3 Å². The van der Waals surface area contributed by atoms with Gasteiger partial charge in [-0.05, 0) is 16.3 Å². The Balaban J connectivity index is 2.65. The molecule has 0 heterocycles. The molecule has 14 heavy (non-hydrogen) atoms. The van der Waals surface area contributed by atoms with Crippen molar-refractivity contribution >= 4 is 42.6 Å². The van der Waals surface area contributed by atoms with Gasteiger partial charge in [-0.15, -0.1) is 0 Å². The molecule has 2 aromatic rings. The van der Waals surface area contributed by atoms with Crippen LogP contribution in [0.25, 0.3) is 10.8 Å². The lowest BCUT2D eigenvalue weighted by Gasteiger charge is -2.09. The van der Waals surface area contributed by atoms with E-state index in [2.05, 4.69) is 74.3 Å². The molecule has 0 aromatic heterocycles. The summed E-state index contributed by atoms with van der Waals surface area (Å²) in [7, 11) is 0. The average Bonchev–Trinajstić information content (AvgIpc) is 2.27. The Hall–Kier alpha value is -0.340. The van der Waals surface area contributed by atoms with Crippen LogP contribution >= 0.6 is 31.9 Å². The zero-order valence-corrected chi connectivity index (χ0v) is 10.8. The van der Waals surface area contributed by atoms with Crippen molar-refractivity contribution in [2.45, 2.75) is 4.83 Å². The van der Waals surface area contributed by atoms with Gasteiger partial charge in [0.15, 0.2) is 0 Å². The smallest absolute Gasteiger partial charge is 0.0498 e. The van der Waals surface area contributed by atoms with Gasteiger partial charge in [-0.3, -0.25) is 0 Å². The Morgan fingerprint density at radius 3 is 2.50 bits per heavy atom. The van der Waals surface area contributed by atoms with Crippen molar-refractivity contribution in [1.82, 2.24) is 0 Å². The van der Waals surface area contributed by atoms with Crippen LogP contribution in [0.4, 0.5) is 0 Å². The normalized spacial score (nSPS) is 13.0. The van der Waals surface area contributed by atoms with Gasteiger partial charge in [0.1, 0.15) is 0 Å². The number of benzene rings is 2. The SMILES string of the molecule is BrCC(Br)c1cccc2ccccc12. The third kappa shape index (κ3) is 1.86. The van der Waals surface area contributed by atoms with Crippen LogP contribution in [0.3, 0.4) is 0 Å². The zero-order valence-electron chi connectivity index (χ0n) is 7.58. The lowest BCUT2D eigenvalue weighted by Crippen LogP contribution is -1.91. The zero-order chi connectivity index (χ0) is 9.97. The van der Waals surface area contributed by atoms with Crippen LogP contribution in [-0.2, 0) is 0 Å². The number of hydrogen-bond acceptors (Lipinski definition) is 0. The van der Waals surface area contributed by atoms with E-state index < -0.39 is 0 Å². The molecule has 0 aliphatic heterocycles. The summed E-state index contributed by atoms with van der Waals surface area (Å²) in [5.74, 6) is 0. The highest BCUT2D eigenvalue weighted by Crippen LogP contribution is 2.30. The predicted molar refractivity (Wildman–Crippen MR) is 69.4 cm³/mol. The van der Waals surface area contributed by atoms with Crippen LogP contribution in [-0.4, -0.2) is 5.33 Å². The fourth-order valence-corrected chi connectivity index (χ4v) is 2.35. The highest BCUT2D eigenvalue weighted by Gasteiger charge is 2.08. The third-order valence-corrected chi connectivity index (χ3v) is 4.63. The maximum absolute atomic E-state index is 3.66. The Morgan fingerprint density at radius 1 is 1.00 bits per heavy atom. The molecule has 0 spiro atoms. The maximum Gasteiger partial charge on any atom is 0.0498 e. The minimum Gasteiger partial charge on any atom is -0.0912 e. The molecule has 0 saturated carbocycles. The van der Waals surface area contributed by atoms with E-state index in [0.29, 0.717) is 4.83 Å². The second kappa shape index (κ2) is 4.45. The third-order valence-electron chi connectivity index (χ3n) is 2.30. The van der Waals surface area contributed by atoms with E-state index in [1.165, 1.54) is 16.3 Å². The van der Waals surface area contributed by atoms with Gasteiger partial charge in [0.2, 0.25) is 0 Å². The summed E-state index contributed by atoms with van der Waals surface area (Å²) in [4.78, 5) is 0.383. The number of hydrogen-bond donors (Lipinski definition) is 0. The molecule has 2 heteroatoms. The standard InChI is InChI=1S/C12H10Br2/c13-8-12(14)11-7-3-5-9-4-1-2-6-10(9)11/h1-7,12H,8H2. The molecule has 0 saturated heterocycles. The van der Waals surface area contributed by atoms with Gasteiger partial charge < -0.3 is 0 Å². The van der Waals surface area contributed by atoms with Crippen LogP contribution < -0.4 is 0 Å². The van der Waals surface area contributed by atoms with Gasteiger partial charge >= 0.3 is 0 Å². The second-order valence-corrected chi connectivity index (χ2v) is 4.94. The molecule has 0 bridgehead atoms. The molecule has 1 unspecified atom stereocenters. The topological polar surface area (TPSA) is 0 Å². The largest absolute Gasteiger partial charge is 0.0912 e. The van der Waals surface area contributed by atoms with Crippen molar-refractivity contribution in [1.29, 1.82) is 0 Å². The second-order valence-electron chi connectivity index (χ2n) is 3.19. The van der Waals surface area contributed by atoms with E-state index in [0.717, 1.165) is 5.33 Å². The molecule has 0 radical (unpaired) electrons. The summed E-state index contributed by atoms with van der Waals surface area (Å²) in [6, 6.07) is 14.9. The first-order valence-corrected chi connectivity index (χ1v) is 6.54. The van der Waals surface area contributed by atoms with Crippen LogP contribution in [0.5, 0.6) is 0 Å². The molecule has 0 aliphatic carbocycles. The minimum absolute atomic E-state index is 0.383. The lowest BCUT2D eigenvalue weighted by atomic mass is 10.0. The molecule has 0 amide bonds. The molecule has 2 rings (SSSR count). The van der Waals surface area contributed by atoms with E-state index in [-0.39, 0.29) is 0 Å². The van der Waals surface area contributed by atoms with Crippen molar-refractivity contribution < 1.29 is 0 Å². The van der Waals surface area contributed by atoms with E-state index in [1.54, 1.807) is 0 Å². The Kier molecular flexibility index (Phi) is 3.24. The first kappa shape index (κ1) is 10.2. The summed E-state index contributed by atoms with van der Waals surface area (Å²) in [6.45, 7) is 0. The van der Waals surface area contributed by atoms with Crippen molar-refractivity contribution in [2.24, 2.45) is 0 Å². The van der Waals surface area contributed by atoms with E-state index in [9.17, 15) is 0 Å². The van der Waals surface area contributed by atoms with Crippen LogP contribution in [0.2, 0.25) is 0 Å². The first-order valence-electron chi connectivity index (χ1n) is 4.50. The summed E-state index contributed by atoms with van der Waals surface area (Å²) < 4.78 is 0. The van der Waals surface area contributed by atoms with E-state index in [1.807, 2.05) is 0 Å². The average molecular weight is 314 g/mol. The van der Waals surface area contributed by atoms with Crippen molar-refractivity contribution in [3.05, 3.63) is 48.0 Å². The highest BCUT2D eigenvalue weighted by molar-refractivity contribution is 9.12. The monoisotopic (exact) mass is 312 g/mol. The number of halogens is 2. The van der Waals surface area contributed by atoms with Gasteiger partial charge in [0.25, 0.3) is 0 Å². The molecule has 72 valence electrons. The predicted octanol–water partition coefficient (Wildman–Crippen LogP) is 4.67. The van der Waals surface area contributed by atoms with Gasteiger partial charge in [-0.2, -0.15) is 0 Å². The number of fused-ring (bicyclic) bond motifs is 1. The fraction of sp³-hybridized carbons (Fsp3) is 0.167. The van der Waals surface area contributed by atoms with Crippen LogP contribution in [0.15, 0.2) is 42.5 Å². The van der Waals surface area contributed by atoms with Crippen LogP contribution in [0, 0.1) is 0 Å². The quantitative estimate of drug-likeness (QED) is 0.707. The molecular formula is C12H10Br2. The molecule has 0 nitrogen and oxygen atoms in total. The minimum atomic E-state index is 0.383. The molecule has 0 fully saturated rings. The fourth-order valence-electron chi connectivity index (χ4n) is 1.61. The Labute approximate surface area is 101 Å². The van der Waals surface area contributed by atoms with Crippen molar-refractivity contribution in [3.8, 4) is 0 Å².